The van der Waals surface area contributed by atoms with Crippen LogP contribution in [0.15, 0.2) is 36.4 Å². The van der Waals surface area contributed by atoms with Crippen LogP contribution in [0.25, 0.3) is 10.8 Å². The normalized spacial score (nSPS) is 10.9. The quantitative estimate of drug-likeness (QED) is 0.686. The molecule has 0 saturated carbocycles. The lowest BCUT2D eigenvalue weighted by Crippen LogP contribution is -1.93. The van der Waals surface area contributed by atoms with Crippen molar-refractivity contribution in [3.63, 3.8) is 0 Å². The number of rotatable bonds is 2. The van der Waals surface area contributed by atoms with Crippen molar-refractivity contribution in [1.29, 1.82) is 0 Å². The molecule has 0 saturated heterocycles. The second-order valence-electron chi connectivity index (χ2n) is 3.25. The summed E-state index contributed by atoms with van der Waals surface area (Å²) in [7, 11) is 0. The summed E-state index contributed by atoms with van der Waals surface area (Å²) >= 11 is 0. The van der Waals surface area contributed by atoms with Crippen LogP contribution in [0.1, 0.15) is 22.3 Å². The third kappa shape index (κ3) is 1.73. The second-order valence-corrected chi connectivity index (χ2v) is 3.25. The molecule has 0 aromatic heterocycles. The fraction of sp³-hybridized carbons (Fsp3) is 0.0833. The van der Waals surface area contributed by atoms with E-state index in [1.807, 2.05) is 0 Å². The highest BCUT2D eigenvalue weighted by atomic mass is 19.3. The van der Waals surface area contributed by atoms with E-state index in [4.69, 9.17) is 0 Å². The molecule has 3 heteroatoms. The van der Waals surface area contributed by atoms with Crippen LogP contribution in [-0.4, -0.2) is 6.29 Å². The maximum atomic E-state index is 12.6. The van der Waals surface area contributed by atoms with E-state index in [1.54, 1.807) is 24.3 Å². The summed E-state index contributed by atoms with van der Waals surface area (Å²) in [6.45, 7) is 0. The third-order valence-corrected chi connectivity index (χ3v) is 2.31. The van der Waals surface area contributed by atoms with Gasteiger partial charge < -0.3 is 0 Å². The highest BCUT2D eigenvalue weighted by Gasteiger charge is 2.13. The summed E-state index contributed by atoms with van der Waals surface area (Å²) in [6, 6.07) is 9.97. The van der Waals surface area contributed by atoms with Gasteiger partial charge in [0, 0.05) is 11.1 Å². The van der Waals surface area contributed by atoms with Gasteiger partial charge in [-0.05, 0) is 22.9 Å². The van der Waals surface area contributed by atoms with Crippen molar-refractivity contribution in [3.8, 4) is 0 Å². The summed E-state index contributed by atoms with van der Waals surface area (Å²) in [5, 5.41) is 1.52. The minimum absolute atomic E-state index is 0.0590. The highest BCUT2D eigenvalue weighted by molar-refractivity contribution is 5.90. The topological polar surface area (TPSA) is 17.1 Å². The minimum Gasteiger partial charge on any atom is -0.298 e. The Balaban J connectivity index is 2.74. The Morgan fingerprint density at radius 1 is 1.07 bits per heavy atom. The molecule has 2 rings (SSSR count). The molecule has 0 radical (unpaired) electrons. The zero-order chi connectivity index (χ0) is 10.8. The molecule has 0 aliphatic carbocycles. The van der Waals surface area contributed by atoms with Gasteiger partial charge in [0.25, 0.3) is 6.43 Å². The summed E-state index contributed by atoms with van der Waals surface area (Å²) in [6.07, 6.45) is -2.15. The van der Waals surface area contributed by atoms with Crippen molar-refractivity contribution in [2.45, 2.75) is 6.43 Å². The van der Waals surface area contributed by atoms with Crippen LogP contribution < -0.4 is 0 Å². The Kier molecular flexibility index (Phi) is 2.46. The lowest BCUT2D eigenvalue weighted by atomic mass is 10.0. The number of carbonyl (C=O) groups excluding carboxylic acids is 1. The van der Waals surface area contributed by atoms with E-state index in [9.17, 15) is 13.6 Å². The number of fused-ring (bicyclic) bond motifs is 1. The van der Waals surface area contributed by atoms with Gasteiger partial charge in [0.15, 0.2) is 6.29 Å². The predicted molar refractivity (Wildman–Crippen MR) is 54.3 cm³/mol. The summed E-state index contributed by atoms with van der Waals surface area (Å²) in [5.74, 6) is 0. The van der Waals surface area contributed by atoms with E-state index in [0.29, 0.717) is 6.29 Å². The first kappa shape index (κ1) is 9.77. The Morgan fingerprint density at radius 3 is 2.20 bits per heavy atom. The van der Waals surface area contributed by atoms with Crippen molar-refractivity contribution >= 4 is 17.1 Å². The number of carbonyl (C=O) groups is 1. The van der Waals surface area contributed by atoms with Crippen LogP contribution in [0.2, 0.25) is 0 Å². The monoisotopic (exact) mass is 206 g/mol. The molecule has 2 aromatic rings. The zero-order valence-corrected chi connectivity index (χ0v) is 7.78. The van der Waals surface area contributed by atoms with Crippen LogP contribution in [0.5, 0.6) is 0 Å². The van der Waals surface area contributed by atoms with Crippen LogP contribution in [0.3, 0.4) is 0 Å². The first-order valence-electron chi connectivity index (χ1n) is 4.48. The standard InChI is InChI=1S/C12H8F2O/c13-12(14)11-6-9-4-2-1-3-8(9)5-10(11)7-15/h1-7,12H. The van der Waals surface area contributed by atoms with E-state index < -0.39 is 6.43 Å². The molecular formula is C12H8F2O. The number of halogens is 2. The van der Waals surface area contributed by atoms with Crippen molar-refractivity contribution < 1.29 is 13.6 Å². The molecule has 0 aliphatic heterocycles. The third-order valence-electron chi connectivity index (χ3n) is 2.31. The van der Waals surface area contributed by atoms with Crippen LogP contribution >= 0.6 is 0 Å². The van der Waals surface area contributed by atoms with Crippen molar-refractivity contribution in [3.05, 3.63) is 47.5 Å². The van der Waals surface area contributed by atoms with E-state index >= 15 is 0 Å². The van der Waals surface area contributed by atoms with Crippen molar-refractivity contribution in [1.82, 2.24) is 0 Å². The first-order chi connectivity index (χ1) is 7.22. The SMILES string of the molecule is O=Cc1cc2ccccc2cc1C(F)F. The van der Waals surface area contributed by atoms with Gasteiger partial charge in [0.1, 0.15) is 0 Å². The summed E-state index contributed by atoms with van der Waals surface area (Å²) < 4.78 is 25.2. The average Bonchev–Trinajstić information content (AvgIpc) is 2.27. The summed E-state index contributed by atoms with van der Waals surface area (Å²) in [4.78, 5) is 10.6. The minimum atomic E-state index is -2.62. The van der Waals surface area contributed by atoms with Crippen LogP contribution in [0.4, 0.5) is 8.78 Å². The number of hydrogen-bond acceptors (Lipinski definition) is 1. The molecule has 15 heavy (non-hydrogen) atoms. The number of benzene rings is 2. The Morgan fingerprint density at radius 2 is 1.67 bits per heavy atom. The van der Waals surface area contributed by atoms with Gasteiger partial charge in [-0.25, -0.2) is 8.78 Å². The Bertz CT molecular complexity index is 506. The van der Waals surface area contributed by atoms with Crippen molar-refractivity contribution in [2.24, 2.45) is 0 Å². The van der Waals surface area contributed by atoms with Crippen LogP contribution in [0, 0.1) is 0 Å². The highest BCUT2D eigenvalue weighted by Crippen LogP contribution is 2.26. The van der Waals surface area contributed by atoms with Gasteiger partial charge >= 0.3 is 0 Å². The first-order valence-corrected chi connectivity index (χ1v) is 4.48. The molecule has 0 heterocycles. The van der Waals surface area contributed by atoms with Gasteiger partial charge in [-0.3, -0.25) is 4.79 Å². The lowest BCUT2D eigenvalue weighted by molar-refractivity contribution is 0.110. The molecule has 0 N–H and O–H groups in total. The fourth-order valence-corrected chi connectivity index (χ4v) is 1.57. The average molecular weight is 206 g/mol. The van der Waals surface area contributed by atoms with Gasteiger partial charge in [0.2, 0.25) is 0 Å². The summed E-state index contributed by atoms with van der Waals surface area (Å²) in [5.41, 5.74) is -0.146. The molecular weight excluding hydrogens is 198 g/mol. The molecule has 0 bridgehead atoms. The molecule has 0 atom stereocenters. The van der Waals surface area contributed by atoms with E-state index in [0.717, 1.165) is 10.8 Å². The maximum absolute atomic E-state index is 12.6. The number of aldehydes is 1. The second kappa shape index (κ2) is 3.77. The maximum Gasteiger partial charge on any atom is 0.264 e. The van der Waals surface area contributed by atoms with E-state index in [1.165, 1.54) is 12.1 Å². The Labute approximate surface area is 85.3 Å². The largest absolute Gasteiger partial charge is 0.298 e. The molecule has 1 nitrogen and oxygen atoms in total. The zero-order valence-electron chi connectivity index (χ0n) is 7.78. The molecule has 0 unspecified atom stereocenters. The molecule has 76 valence electrons. The van der Waals surface area contributed by atoms with E-state index in [-0.39, 0.29) is 11.1 Å². The smallest absolute Gasteiger partial charge is 0.264 e. The lowest BCUT2D eigenvalue weighted by Gasteiger charge is -2.05. The predicted octanol–water partition coefficient (Wildman–Crippen LogP) is 3.59. The molecule has 2 aromatic carbocycles. The molecule has 0 aliphatic rings. The van der Waals surface area contributed by atoms with Crippen molar-refractivity contribution in [2.75, 3.05) is 0 Å². The molecule has 0 spiro atoms. The number of alkyl halides is 2. The Hall–Kier alpha value is -1.77. The van der Waals surface area contributed by atoms with Gasteiger partial charge in [-0.2, -0.15) is 0 Å². The van der Waals surface area contributed by atoms with Crippen LogP contribution in [-0.2, 0) is 0 Å². The van der Waals surface area contributed by atoms with Gasteiger partial charge in [0.05, 0.1) is 0 Å². The molecule has 0 fully saturated rings. The molecule has 0 amide bonds. The van der Waals surface area contributed by atoms with E-state index in [2.05, 4.69) is 0 Å². The van der Waals surface area contributed by atoms with Gasteiger partial charge in [-0.15, -0.1) is 0 Å². The fourth-order valence-electron chi connectivity index (χ4n) is 1.57. The van der Waals surface area contributed by atoms with Gasteiger partial charge in [-0.1, -0.05) is 24.3 Å². The number of hydrogen-bond donors (Lipinski definition) is 0.